The first kappa shape index (κ1) is 32.8. The molecule has 7 N–H and O–H groups in total. The Bertz CT molecular complexity index is 579. The summed E-state index contributed by atoms with van der Waals surface area (Å²) in [6.45, 7) is 1.33. The molecule has 0 aromatic rings. The van der Waals surface area contributed by atoms with Crippen LogP contribution in [-0.2, 0) is 18.9 Å². The molecule has 0 saturated carbocycles. The number of unbranched alkanes of at least 4 members (excludes halogenated alkanes) is 11. The van der Waals surface area contributed by atoms with Crippen LogP contribution in [0.2, 0.25) is 0 Å². The van der Waals surface area contributed by atoms with Crippen LogP contribution >= 0.6 is 0 Å². The van der Waals surface area contributed by atoms with Crippen LogP contribution in [0.4, 0.5) is 0 Å². The highest BCUT2D eigenvalue weighted by atomic mass is 16.7. The summed E-state index contributed by atoms with van der Waals surface area (Å²) in [5, 5.41) is 70.3. The molecule has 2 rings (SSSR count). The van der Waals surface area contributed by atoms with Crippen molar-refractivity contribution in [1.82, 2.24) is 0 Å². The van der Waals surface area contributed by atoms with Crippen LogP contribution in [0.5, 0.6) is 0 Å². The van der Waals surface area contributed by atoms with Crippen molar-refractivity contribution in [1.29, 1.82) is 0 Å². The molecule has 0 radical (unpaired) electrons. The van der Waals surface area contributed by atoms with Gasteiger partial charge in [-0.2, -0.15) is 0 Å². The molecule has 2 heterocycles. The predicted molar refractivity (Wildman–Crippen MR) is 133 cm³/mol. The molecule has 2 fully saturated rings. The molecule has 2 aliphatic rings. The van der Waals surface area contributed by atoms with Gasteiger partial charge in [-0.25, -0.2) is 0 Å². The van der Waals surface area contributed by atoms with Gasteiger partial charge in [0.1, 0.15) is 48.8 Å². The first-order valence-corrected chi connectivity index (χ1v) is 14.1. The monoisotopic (exact) mass is 538 g/mol. The van der Waals surface area contributed by atoms with Gasteiger partial charge < -0.3 is 54.7 Å². The van der Waals surface area contributed by atoms with Crippen LogP contribution in [0.3, 0.4) is 0 Å². The second-order valence-electron chi connectivity index (χ2n) is 10.3. The summed E-state index contributed by atoms with van der Waals surface area (Å²) in [6, 6.07) is 0. The maximum Gasteiger partial charge on any atom is 0.187 e. The Morgan fingerprint density at radius 1 is 0.541 bits per heavy atom. The van der Waals surface area contributed by atoms with Gasteiger partial charge in [-0.3, -0.25) is 0 Å². The van der Waals surface area contributed by atoms with Crippen LogP contribution in [0.15, 0.2) is 0 Å². The van der Waals surface area contributed by atoms with E-state index in [1.807, 2.05) is 0 Å². The van der Waals surface area contributed by atoms with Gasteiger partial charge in [-0.1, -0.05) is 77.6 Å². The van der Waals surface area contributed by atoms with Crippen molar-refractivity contribution in [2.75, 3.05) is 19.8 Å². The molecule has 0 bridgehead atoms. The first-order valence-electron chi connectivity index (χ1n) is 14.1. The van der Waals surface area contributed by atoms with Gasteiger partial charge in [0.15, 0.2) is 12.6 Å². The molecule has 0 aliphatic carbocycles. The maximum absolute atomic E-state index is 10.6. The first-order chi connectivity index (χ1) is 17.8. The Kier molecular flexibility index (Phi) is 16.0. The van der Waals surface area contributed by atoms with Gasteiger partial charge in [0.05, 0.1) is 13.2 Å². The van der Waals surface area contributed by atoms with Crippen molar-refractivity contribution in [3.63, 3.8) is 0 Å². The van der Waals surface area contributed by atoms with Gasteiger partial charge in [-0.05, 0) is 6.42 Å². The smallest absolute Gasteiger partial charge is 0.187 e. The molecule has 0 aromatic heterocycles. The van der Waals surface area contributed by atoms with E-state index in [1.165, 1.54) is 57.8 Å². The van der Waals surface area contributed by atoms with Crippen LogP contribution in [0, 0.1) is 0 Å². The minimum atomic E-state index is -1.69. The van der Waals surface area contributed by atoms with Crippen molar-refractivity contribution in [3.8, 4) is 0 Å². The fraction of sp³-hybridized carbons (Fsp3) is 1.00. The summed E-state index contributed by atoms with van der Waals surface area (Å²) in [5.74, 6) is 0. The molecule has 2 aliphatic heterocycles. The quantitative estimate of drug-likeness (QED) is 0.120. The molecule has 11 nitrogen and oxygen atoms in total. The average Bonchev–Trinajstić information content (AvgIpc) is 2.90. The zero-order valence-electron chi connectivity index (χ0n) is 22.1. The fourth-order valence-corrected chi connectivity index (χ4v) is 4.84. The summed E-state index contributed by atoms with van der Waals surface area (Å²) in [5.41, 5.74) is 0. The molecule has 220 valence electrons. The van der Waals surface area contributed by atoms with Crippen LogP contribution in [0.25, 0.3) is 0 Å². The zero-order valence-corrected chi connectivity index (χ0v) is 22.1. The number of ether oxygens (including phenoxy) is 4. The highest BCUT2D eigenvalue weighted by Gasteiger charge is 2.50. The van der Waals surface area contributed by atoms with Crippen LogP contribution in [-0.4, -0.2) is 117 Å². The van der Waals surface area contributed by atoms with E-state index >= 15 is 0 Å². The molecule has 0 spiro atoms. The van der Waals surface area contributed by atoms with Crippen molar-refractivity contribution < 1.29 is 54.7 Å². The lowest BCUT2D eigenvalue weighted by Crippen LogP contribution is -2.64. The Labute approximate surface area is 220 Å². The van der Waals surface area contributed by atoms with Gasteiger partial charge in [-0.15, -0.1) is 0 Å². The molecule has 10 atom stereocenters. The lowest BCUT2D eigenvalue weighted by Gasteiger charge is -2.45. The van der Waals surface area contributed by atoms with E-state index in [0.29, 0.717) is 6.61 Å². The normalized spacial score (nSPS) is 36.6. The van der Waals surface area contributed by atoms with E-state index < -0.39 is 74.6 Å². The van der Waals surface area contributed by atoms with E-state index in [0.717, 1.165) is 19.3 Å². The number of aliphatic hydroxyl groups is 7. The van der Waals surface area contributed by atoms with Gasteiger partial charge in [0, 0.05) is 6.61 Å². The standard InChI is InChI=1S/C26H50O11/c1-2-3-4-5-6-7-8-9-10-11-12-13-14-34-25-23(33)21(31)24(18(16-28)36-25)37-26-22(32)20(30)19(29)17(15-27)35-26/h17-33H,2-16H2,1H3/t17-,18+,19-,20+,21+,22-,23+,24+,25+,26-/m0/s1. The van der Waals surface area contributed by atoms with E-state index in [-0.39, 0.29) is 0 Å². The highest BCUT2D eigenvalue weighted by molar-refractivity contribution is 4.94. The molecule has 0 unspecified atom stereocenters. The summed E-state index contributed by atoms with van der Waals surface area (Å²) in [7, 11) is 0. The second kappa shape index (κ2) is 18.0. The van der Waals surface area contributed by atoms with Crippen molar-refractivity contribution in [2.24, 2.45) is 0 Å². The molecule has 0 aromatic carbocycles. The SMILES string of the molecule is CCCCCCCCCCCCCCO[C@@H]1O[C@H](CO)[C@@H](O[C@@H]2O[C@@H](CO)[C@H](O)[C@@H](O)[C@@H]2O)[C@H](O)[C@H]1O. The number of hydrogen-bond acceptors (Lipinski definition) is 11. The lowest BCUT2D eigenvalue weighted by molar-refractivity contribution is -0.359. The van der Waals surface area contributed by atoms with Crippen molar-refractivity contribution in [3.05, 3.63) is 0 Å². The third kappa shape index (κ3) is 10.2. The molecular weight excluding hydrogens is 488 g/mol. The molecular formula is C26H50O11. The predicted octanol–water partition coefficient (Wildman–Crippen LogP) is 0.328. The number of aliphatic hydroxyl groups excluding tert-OH is 7. The van der Waals surface area contributed by atoms with E-state index in [2.05, 4.69) is 6.92 Å². The Balaban J connectivity index is 1.68. The minimum absolute atomic E-state index is 0.322. The van der Waals surface area contributed by atoms with E-state index in [1.54, 1.807) is 0 Å². The topological polar surface area (TPSA) is 179 Å². The molecule has 37 heavy (non-hydrogen) atoms. The molecule has 11 heteroatoms. The Morgan fingerprint density at radius 2 is 1.03 bits per heavy atom. The lowest BCUT2D eigenvalue weighted by atomic mass is 9.97. The third-order valence-corrected chi connectivity index (χ3v) is 7.24. The number of rotatable bonds is 18. The van der Waals surface area contributed by atoms with Crippen molar-refractivity contribution >= 4 is 0 Å². The van der Waals surface area contributed by atoms with Gasteiger partial charge >= 0.3 is 0 Å². The van der Waals surface area contributed by atoms with Crippen LogP contribution < -0.4 is 0 Å². The summed E-state index contributed by atoms with van der Waals surface area (Å²) in [4.78, 5) is 0. The third-order valence-electron chi connectivity index (χ3n) is 7.24. The van der Waals surface area contributed by atoms with E-state index in [4.69, 9.17) is 18.9 Å². The summed E-state index contributed by atoms with van der Waals surface area (Å²) < 4.78 is 22.1. The molecule has 2 saturated heterocycles. The largest absolute Gasteiger partial charge is 0.394 e. The second-order valence-corrected chi connectivity index (χ2v) is 10.3. The minimum Gasteiger partial charge on any atom is -0.394 e. The summed E-state index contributed by atoms with van der Waals surface area (Å²) in [6.07, 6.45) is 0.153. The Morgan fingerprint density at radius 3 is 1.57 bits per heavy atom. The van der Waals surface area contributed by atoms with Crippen molar-refractivity contribution in [2.45, 2.75) is 145 Å². The van der Waals surface area contributed by atoms with Gasteiger partial charge in [0.2, 0.25) is 0 Å². The van der Waals surface area contributed by atoms with Crippen LogP contribution in [0.1, 0.15) is 84.0 Å². The maximum atomic E-state index is 10.6. The number of hydrogen-bond donors (Lipinski definition) is 7. The molecule has 0 amide bonds. The highest BCUT2D eigenvalue weighted by Crippen LogP contribution is 2.29. The fourth-order valence-electron chi connectivity index (χ4n) is 4.84. The van der Waals surface area contributed by atoms with E-state index in [9.17, 15) is 35.7 Å². The average molecular weight is 539 g/mol. The van der Waals surface area contributed by atoms with Gasteiger partial charge in [0.25, 0.3) is 0 Å². The zero-order chi connectivity index (χ0) is 27.2. The Hall–Kier alpha value is -0.440. The summed E-state index contributed by atoms with van der Waals surface area (Å²) >= 11 is 0.